The first kappa shape index (κ1) is 18.7. The second-order valence-electron chi connectivity index (χ2n) is 7.12. The molecular weight excluding hydrogens is 368 g/mol. The summed E-state index contributed by atoms with van der Waals surface area (Å²) in [6, 6.07) is 13.7. The Hall–Kier alpha value is -3.68. The third-order valence-corrected chi connectivity index (χ3v) is 5.10. The van der Waals surface area contributed by atoms with Crippen LogP contribution < -0.4 is 16.4 Å². The highest BCUT2D eigenvalue weighted by atomic mass is 16.4. The fourth-order valence-corrected chi connectivity index (χ4v) is 3.68. The molecule has 0 bridgehead atoms. The van der Waals surface area contributed by atoms with Crippen LogP contribution in [-0.4, -0.2) is 32.1 Å². The van der Waals surface area contributed by atoms with Gasteiger partial charge in [-0.05, 0) is 48.1 Å². The summed E-state index contributed by atoms with van der Waals surface area (Å²) < 4.78 is 0. The maximum atomic E-state index is 11.5. The number of nitrogens with one attached hydrogen (secondary N) is 2. The van der Waals surface area contributed by atoms with Crippen LogP contribution in [0.15, 0.2) is 42.5 Å². The maximum absolute atomic E-state index is 11.5. The normalized spacial score (nSPS) is 13.1. The highest BCUT2D eigenvalue weighted by Gasteiger charge is 2.22. The van der Waals surface area contributed by atoms with Crippen molar-refractivity contribution in [2.75, 3.05) is 16.4 Å². The number of carboxylic acids is 1. The zero-order valence-corrected chi connectivity index (χ0v) is 16.0. The zero-order valence-electron chi connectivity index (χ0n) is 16.0. The topological polar surface area (TPSA) is 126 Å². The van der Waals surface area contributed by atoms with E-state index >= 15 is 0 Å². The second kappa shape index (κ2) is 7.75. The number of aromatic carboxylic acids is 1. The summed E-state index contributed by atoms with van der Waals surface area (Å²) in [6.45, 7) is 2.14. The predicted molar refractivity (Wildman–Crippen MR) is 111 cm³/mol. The molecule has 0 unspecified atom stereocenters. The molecule has 1 heterocycles. The van der Waals surface area contributed by atoms with E-state index in [1.165, 1.54) is 11.1 Å². The van der Waals surface area contributed by atoms with Gasteiger partial charge in [0.2, 0.25) is 17.8 Å². The summed E-state index contributed by atoms with van der Waals surface area (Å²) in [6.07, 6.45) is 1.80. The van der Waals surface area contributed by atoms with Gasteiger partial charge in [-0.15, -0.1) is 0 Å². The lowest BCUT2D eigenvalue weighted by molar-refractivity contribution is 0.0695. The Balaban J connectivity index is 1.48. The van der Waals surface area contributed by atoms with Crippen molar-refractivity contribution in [3.05, 3.63) is 70.3 Å². The third kappa shape index (κ3) is 4.11. The maximum Gasteiger partial charge on any atom is 0.336 e. The second-order valence-corrected chi connectivity index (χ2v) is 7.12. The van der Waals surface area contributed by atoms with Gasteiger partial charge in [0.05, 0.1) is 5.56 Å². The fourth-order valence-electron chi connectivity index (χ4n) is 3.68. The lowest BCUT2D eigenvalue weighted by Crippen LogP contribution is -2.22. The number of nitrogens with two attached hydrogens (primary N) is 1. The van der Waals surface area contributed by atoms with E-state index in [1.54, 1.807) is 12.1 Å². The number of benzene rings is 2. The minimum Gasteiger partial charge on any atom is -0.478 e. The molecule has 0 saturated heterocycles. The predicted octanol–water partition coefficient (Wildman–Crippen LogP) is 2.65. The molecule has 8 nitrogen and oxygen atoms in total. The van der Waals surface area contributed by atoms with Crippen LogP contribution in [0.5, 0.6) is 0 Å². The highest BCUT2D eigenvalue weighted by molar-refractivity contribution is 5.89. The Labute approximate surface area is 168 Å². The monoisotopic (exact) mass is 390 g/mol. The smallest absolute Gasteiger partial charge is 0.336 e. The van der Waals surface area contributed by atoms with Crippen molar-refractivity contribution < 1.29 is 9.90 Å². The first-order valence-corrected chi connectivity index (χ1v) is 9.40. The minimum atomic E-state index is -0.969. The lowest BCUT2D eigenvalue weighted by atomic mass is 10.0. The molecule has 0 aliphatic heterocycles. The average Bonchev–Trinajstić information content (AvgIpc) is 3.08. The molecule has 0 radical (unpaired) electrons. The van der Waals surface area contributed by atoms with E-state index in [1.807, 2.05) is 25.1 Å². The number of anilines is 3. The molecular formula is C21H22N6O2. The van der Waals surface area contributed by atoms with Crippen LogP contribution in [0, 0.1) is 6.92 Å². The molecule has 4 rings (SSSR count). The average molecular weight is 390 g/mol. The molecule has 3 aromatic rings. The largest absolute Gasteiger partial charge is 0.478 e. The Morgan fingerprint density at radius 1 is 1.07 bits per heavy atom. The van der Waals surface area contributed by atoms with Gasteiger partial charge in [0, 0.05) is 12.6 Å². The lowest BCUT2D eigenvalue weighted by Gasteiger charge is -2.14. The number of hydrogen-bond acceptors (Lipinski definition) is 7. The summed E-state index contributed by atoms with van der Waals surface area (Å²) in [5, 5.41) is 15.8. The molecule has 1 aliphatic carbocycles. The van der Waals surface area contributed by atoms with Gasteiger partial charge in [-0.2, -0.15) is 15.0 Å². The van der Waals surface area contributed by atoms with Crippen LogP contribution in [0.2, 0.25) is 0 Å². The Bertz CT molecular complexity index is 1040. The van der Waals surface area contributed by atoms with E-state index in [-0.39, 0.29) is 24.1 Å². The fraction of sp³-hybridized carbons (Fsp3) is 0.238. The number of aryl methyl sites for hydroxylation is 1. The van der Waals surface area contributed by atoms with Crippen molar-refractivity contribution in [1.82, 2.24) is 15.0 Å². The van der Waals surface area contributed by atoms with Crippen molar-refractivity contribution in [1.29, 1.82) is 0 Å². The molecule has 8 heteroatoms. The summed E-state index contributed by atoms with van der Waals surface area (Å²) >= 11 is 0. The number of rotatable bonds is 6. The summed E-state index contributed by atoms with van der Waals surface area (Å²) in [4.78, 5) is 24.2. The van der Waals surface area contributed by atoms with Gasteiger partial charge in [0.25, 0.3) is 0 Å². The number of nitrogens with zero attached hydrogens (tertiary/aromatic N) is 3. The SMILES string of the molecule is Cc1cccc(C(=O)O)c1CNc1nc(N)nc(NC2Cc3ccccc3C2)n1. The summed E-state index contributed by atoms with van der Waals surface area (Å²) in [7, 11) is 0. The summed E-state index contributed by atoms with van der Waals surface area (Å²) in [5.41, 5.74) is 10.3. The van der Waals surface area contributed by atoms with Gasteiger partial charge in [-0.1, -0.05) is 36.4 Å². The molecule has 29 heavy (non-hydrogen) atoms. The van der Waals surface area contributed by atoms with Crippen LogP contribution in [0.25, 0.3) is 0 Å². The van der Waals surface area contributed by atoms with Crippen molar-refractivity contribution in [2.45, 2.75) is 32.4 Å². The van der Waals surface area contributed by atoms with Gasteiger partial charge in [0.15, 0.2) is 0 Å². The number of fused-ring (bicyclic) bond motifs is 1. The standard InChI is InChI=1S/C21H22N6O2/c1-12-5-4-8-16(18(28)29)17(12)11-23-20-25-19(22)26-21(27-20)24-15-9-13-6-2-3-7-14(13)10-15/h2-8,15H,9-11H2,1H3,(H,28,29)(H4,22,23,24,25,26,27). The minimum absolute atomic E-state index is 0.101. The van der Waals surface area contributed by atoms with Crippen molar-refractivity contribution in [2.24, 2.45) is 0 Å². The molecule has 5 N–H and O–H groups in total. The number of hydrogen-bond donors (Lipinski definition) is 4. The van der Waals surface area contributed by atoms with Crippen LogP contribution in [0.3, 0.4) is 0 Å². The van der Waals surface area contributed by atoms with Gasteiger partial charge in [-0.3, -0.25) is 0 Å². The molecule has 0 fully saturated rings. The van der Waals surface area contributed by atoms with Crippen LogP contribution in [0.4, 0.5) is 17.8 Å². The third-order valence-electron chi connectivity index (χ3n) is 5.10. The Morgan fingerprint density at radius 2 is 1.76 bits per heavy atom. The van der Waals surface area contributed by atoms with Crippen molar-refractivity contribution in [3.63, 3.8) is 0 Å². The van der Waals surface area contributed by atoms with Crippen molar-refractivity contribution in [3.8, 4) is 0 Å². The van der Waals surface area contributed by atoms with Crippen LogP contribution in [-0.2, 0) is 19.4 Å². The Kier molecular flexibility index (Phi) is 4.99. The van der Waals surface area contributed by atoms with Gasteiger partial charge in [-0.25, -0.2) is 4.79 Å². The van der Waals surface area contributed by atoms with E-state index in [2.05, 4.69) is 37.7 Å². The van der Waals surface area contributed by atoms with Crippen LogP contribution in [0.1, 0.15) is 32.6 Å². The quantitative estimate of drug-likeness (QED) is 0.506. The molecule has 148 valence electrons. The van der Waals surface area contributed by atoms with E-state index in [9.17, 15) is 9.90 Å². The van der Waals surface area contributed by atoms with Crippen LogP contribution >= 0.6 is 0 Å². The summed E-state index contributed by atoms with van der Waals surface area (Å²) in [5.74, 6) is -0.163. The number of aromatic nitrogens is 3. The molecule has 0 spiro atoms. The molecule has 0 saturated carbocycles. The zero-order chi connectivity index (χ0) is 20.4. The van der Waals surface area contributed by atoms with Crippen molar-refractivity contribution >= 4 is 23.8 Å². The molecule has 2 aromatic carbocycles. The molecule has 0 atom stereocenters. The Morgan fingerprint density at radius 3 is 2.45 bits per heavy atom. The first-order valence-electron chi connectivity index (χ1n) is 9.40. The highest BCUT2D eigenvalue weighted by Crippen LogP contribution is 2.24. The van der Waals surface area contributed by atoms with Gasteiger partial charge >= 0.3 is 5.97 Å². The van der Waals surface area contributed by atoms with Gasteiger partial charge in [0.1, 0.15) is 0 Å². The molecule has 0 amide bonds. The number of nitrogen functional groups attached to an aromatic ring is 1. The number of carbonyl (C=O) groups is 1. The van der Waals surface area contributed by atoms with E-state index in [0.29, 0.717) is 17.5 Å². The molecule has 1 aromatic heterocycles. The van der Waals surface area contributed by atoms with E-state index in [0.717, 1.165) is 18.4 Å². The molecule has 1 aliphatic rings. The van der Waals surface area contributed by atoms with E-state index in [4.69, 9.17) is 5.73 Å². The van der Waals surface area contributed by atoms with E-state index < -0.39 is 5.97 Å². The number of carboxylic acid groups (broad SMARTS) is 1. The first-order chi connectivity index (χ1) is 14.0. The van der Waals surface area contributed by atoms with Gasteiger partial charge < -0.3 is 21.5 Å².